The molecule has 2 rings (SSSR count). The fraction of sp³-hybridized carbons (Fsp3) is 0.680. The average molecular weight is 479 g/mol. The summed E-state index contributed by atoms with van der Waals surface area (Å²) in [5, 5.41) is 0.0391. The van der Waals surface area contributed by atoms with Gasteiger partial charge in [0.15, 0.2) is 8.32 Å². The van der Waals surface area contributed by atoms with Crippen molar-refractivity contribution in [3.8, 4) is 0 Å². The van der Waals surface area contributed by atoms with Crippen molar-refractivity contribution in [2.45, 2.75) is 78.0 Å². The van der Waals surface area contributed by atoms with Gasteiger partial charge in [-0.15, -0.1) is 0 Å². The molecule has 186 valence electrons. The minimum Gasteiger partial charge on any atom is -0.445 e. The summed E-state index contributed by atoms with van der Waals surface area (Å²) in [5.74, 6) is -0.0269. The van der Waals surface area contributed by atoms with E-state index < -0.39 is 13.9 Å². The third kappa shape index (κ3) is 8.03. The molecule has 1 saturated heterocycles. The van der Waals surface area contributed by atoms with E-state index in [-0.39, 0.29) is 35.9 Å². The van der Waals surface area contributed by atoms with Crippen LogP contribution in [-0.4, -0.2) is 68.7 Å². The minimum absolute atomic E-state index is 0.0269. The van der Waals surface area contributed by atoms with Crippen LogP contribution in [0.15, 0.2) is 30.3 Å². The molecule has 0 unspecified atom stereocenters. The predicted molar refractivity (Wildman–Crippen MR) is 133 cm³/mol. The Bertz CT molecular complexity index is 801. The molecule has 33 heavy (non-hydrogen) atoms. The Balaban J connectivity index is 2.08. The minimum atomic E-state index is -2.07. The Kier molecular flexibility index (Phi) is 8.62. The van der Waals surface area contributed by atoms with Crippen LogP contribution in [0.2, 0.25) is 18.1 Å². The molecule has 0 aliphatic carbocycles. The van der Waals surface area contributed by atoms with Crippen LogP contribution >= 0.6 is 0 Å². The zero-order valence-electron chi connectivity index (χ0n) is 21.8. The van der Waals surface area contributed by atoms with E-state index >= 15 is 0 Å². The molecule has 1 fully saturated rings. The zero-order chi connectivity index (χ0) is 25.0. The van der Waals surface area contributed by atoms with Gasteiger partial charge in [-0.25, -0.2) is 9.59 Å². The molecular weight excluding hydrogens is 436 g/mol. The number of nitrogens with zero attached hydrogens (tertiary/aromatic N) is 2. The Morgan fingerprint density at radius 2 is 1.67 bits per heavy atom. The van der Waals surface area contributed by atoms with Gasteiger partial charge in [0.05, 0.1) is 6.10 Å². The quantitative estimate of drug-likeness (QED) is 0.504. The topological polar surface area (TPSA) is 68.3 Å². The Hall–Kier alpha value is -2.06. The fourth-order valence-corrected chi connectivity index (χ4v) is 4.81. The van der Waals surface area contributed by atoms with Crippen LogP contribution in [0.5, 0.6) is 0 Å². The second-order valence-electron chi connectivity index (χ2n) is 11.5. The molecule has 7 nitrogen and oxygen atoms in total. The number of ether oxygens (including phenoxy) is 2. The highest BCUT2D eigenvalue weighted by Crippen LogP contribution is 2.39. The van der Waals surface area contributed by atoms with Crippen molar-refractivity contribution in [1.82, 2.24) is 9.80 Å². The number of rotatable bonds is 6. The molecule has 1 aliphatic heterocycles. The van der Waals surface area contributed by atoms with E-state index in [1.807, 2.05) is 51.1 Å². The van der Waals surface area contributed by atoms with Gasteiger partial charge in [0.1, 0.15) is 12.2 Å². The van der Waals surface area contributed by atoms with E-state index in [9.17, 15) is 9.59 Å². The van der Waals surface area contributed by atoms with Crippen molar-refractivity contribution < 1.29 is 23.5 Å². The number of hydrogen-bond donors (Lipinski definition) is 0. The molecular formula is C25H42N2O5Si. The van der Waals surface area contributed by atoms with Crippen LogP contribution in [0.1, 0.15) is 47.1 Å². The van der Waals surface area contributed by atoms with Crippen molar-refractivity contribution in [2.24, 2.45) is 5.92 Å². The van der Waals surface area contributed by atoms with Crippen LogP contribution in [0.4, 0.5) is 9.59 Å². The van der Waals surface area contributed by atoms with Crippen LogP contribution in [-0.2, 0) is 20.5 Å². The Labute approximate surface area is 200 Å². The van der Waals surface area contributed by atoms with Crippen molar-refractivity contribution in [1.29, 1.82) is 0 Å². The summed E-state index contributed by atoms with van der Waals surface area (Å²) in [6, 6.07) is 9.60. The lowest BCUT2D eigenvalue weighted by Crippen LogP contribution is -2.47. The summed E-state index contributed by atoms with van der Waals surface area (Å²) in [4.78, 5) is 28.7. The number of amides is 2. The van der Waals surface area contributed by atoms with Gasteiger partial charge in [-0.05, 0) is 44.5 Å². The summed E-state index contributed by atoms with van der Waals surface area (Å²) in [6.45, 7) is 18.2. The smallest absolute Gasteiger partial charge is 0.410 e. The molecule has 1 aromatic rings. The largest absolute Gasteiger partial charge is 0.445 e. The normalized spacial score (nSPS) is 19.4. The molecule has 0 aromatic heterocycles. The molecule has 2 atom stereocenters. The molecule has 1 aromatic carbocycles. The lowest BCUT2D eigenvalue weighted by Gasteiger charge is -2.39. The second-order valence-corrected chi connectivity index (χ2v) is 16.2. The fourth-order valence-electron chi connectivity index (χ4n) is 3.44. The monoisotopic (exact) mass is 478 g/mol. The summed E-state index contributed by atoms with van der Waals surface area (Å²) in [5.41, 5.74) is 0.374. The van der Waals surface area contributed by atoms with E-state index in [4.69, 9.17) is 13.9 Å². The molecule has 0 spiro atoms. The van der Waals surface area contributed by atoms with E-state index in [0.717, 1.165) is 5.56 Å². The van der Waals surface area contributed by atoms with Gasteiger partial charge in [-0.1, -0.05) is 51.1 Å². The Morgan fingerprint density at radius 1 is 1.06 bits per heavy atom. The third-order valence-corrected chi connectivity index (χ3v) is 10.8. The molecule has 2 amide bonds. The van der Waals surface area contributed by atoms with Gasteiger partial charge in [-0.3, -0.25) is 0 Å². The van der Waals surface area contributed by atoms with Crippen molar-refractivity contribution in [3.05, 3.63) is 35.9 Å². The number of carbonyl (C=O) groups is 2. The number of hydrogen-bond acceptors (Lipinski definition) is 5. The van der Waals surface area contributed by atoms with Gasteiger partial charge in [-0.2, -0.15) is 0 Å². The highest BCUT2D eigenvalue weighted by molar-refractivity contribution is 6.74. The van der Waals surface area contributed by atoms with Gasteiger partial charge >= 0.3 is 12.2 Å². The first-order valence-corrected chi connectivity index (χ1v) is 14.6. The Morgan fingerprint density at radius 3 is 2.21 bits per heavy atom. The van der Waals surface area contributed by atoms with Crippen LogP contribution in [0.3, 0.4) is 0 Å². The van der Waals surface area contributed by atoms with Gasteiger partial charge in [0, 0.05) is 32.6 Å². The summed E-state index contributed by atoms with van der Waals surface area (Å²) in [7, 11) is -0.345. The van der Waals surface area contributed by atoms with Crippen LogP contribution in [0.25, 0.3) is 0 Å². The van der Waals surface area contributed by atoms with Crippen molar-refractivity contribution in [2.75, 3.05) is 26.7 Å². The lowest BCUT2D eigenvalue weighted by molar-refractivity contribution is 0.0272. The number of benzene rings is 1. The molecule has 8 heteroatoms. The van der Waals surface area contributed by atoms with E-state index in [0.29, 0.717) is 19.6 Å². The maximum absolute atomic E-state index is 12.7. The molecule has 0 saturated carbocycles. The van der Waals surface area contributed by atoms with E-state index in [2.05, 4.69) is 33.9 Å². The third-order valence-electron chi connectivity index (χ3n) is 6.31. The standard InChI is InChI=1S/C25H42N2O5Si/c1-24(2,3)31-23(29)27-16-20(21(17-27)32-33(8,9)25(4,5)6)15-26(7)22(28)30-18-19-13-11-10-12-14-19/h10-14,20-21H,15-18H2,1-9H3/t20-,21+/m0/s1. The summed E-state index contributed by atoms with van der Waals surface area (Å²) < 4.78 is 17.8. The number of carbonyl (C=O) groups excluding carboxylic acids is 2. The lowest BCUT2D eigenvalue weighted by atomic mass is 10.1. The maximum Gasteiger partial charge on any atom is 0.410 e. The molecule has 1 heterocycles. The number of likely N-dealkylation sites (tertiary alicyclic amines) is 1. The van der Waals surface area contributed by atoms with E-state index in [1.54, 1.807) is 16.8 Å². The second kappa shape index (κ2) is 10.5. The van der Waals surface area contributed by atoms with Crippen LogP contribution in [0, 0.1) is 5.92 Å². The molecule has 0 radical (unpaired) electrons. The predicted octanol–water partition coefficient (Wildman–Crippen LogP) is 5.51. The van der Waals surface area contributed by atoms with E-state index in [1.165, 1.54) is 0 Å². The zero-order valence-corrected chi connectivity index (χ0v) is 22.8. The van der Waals surface area contributed by atoms with Crippen LogP contribution < -0.4 is 0 Å². The first kappa shape index (κ1) is 27.2. The van der Waals surface area contributed by atoms with Gasteiger partial charge in [0.2, 0.25) is 0 Å². The SMILES string of the molecule is CN(C[C@H]1CN(C(=O)OC(C)(C)C)C[C@H]1O[Si](C)(C)C(C)(C)C)C(=O)OCc1ccccc1. The molecule has 1 aliphatic rings. The highest BCUT2D eigenvalue weighted by Gasteiger charge is 2.45. The highest BCUT2D eigenvalue weighted by atomic mass is 28.4. The van der Waals surface area contributed by atoms with Gasteiger partial charge < -0.3 is 23.7 Å². The average Bonchev–Trinajstić information content (AvgIpc) is 3.06. The summed E-state index contributed by atoms with van der Waals surface area (Å²) in [6.07, 6.45) is -0.897. The molecule has 0 N–H and O–H groups in total. The first-order chi connectivity index (χ1) is 15.1. The van der Waals surface area contributed by atoms with Crippen molar-refractivity contribution in [3.63, 3.8) is 0 Å². The van der Waals surface area contributed by atoms with Crippen molar-refractivity contribution >= 4 is 20.5 Å². The van der Waals surface area contributed by atoms with Gasteiger partial charge in [0.25, 0.3) is 0 Å². The first-order valence-electron chi connectivity index (χ1n) is 11.7. The summed E-state index contributed by atoms with van der Waals surface area (Å²) >= 11 is 0. The molecule has 0 bridgehead atoms. The maximum atomic E-state index is 12.7.